The standard InChI is InChI=1S/C18H18N2O5/c1-22-13-8-7-12(16(9-13)23-2)10-19-20-18(21)17-11-24-14-5-3-4-6-15(14)25-17/h3-10,17H,11H2,1-2H3,(H,20,21)/b19-10-/t17-/m0/s1. The number of carbonyl (C=O) groups excluding carboxylic acids is 1. The molecule has 0 saturated carbocycles. The van der Waals surface area contributed by atoms with Crippen molar-refractivity contribution in [2.24, 2.45) is 5.10 Å². The monoisotopic (exact) mass is 342 g/mol. The van der Waals surface area contributed by atoms with Gasteiger partial charge in [-0.2, -0.15) is 5.10 Å². The van der Waals surface area contributed by atoms with Crippen molar-refractivity contribution < 1.29 is 23.7 Å². The number of ether oxygens (including phenoxy) is 4. The first-order chi connectivity index (χ1) is 12.2. The number of para-hydroxylation sites is 2. The fourth-order valence-electron chi connectivity index (χ4n) is 2.31. The average Bonchev–Trinajstić information content (AvgIpc) is 2.67. The van der Waals surface area contributed by atoms with Gasteiger partial charge in [0.1, 0.15) is 18.1 Å². The number of hydrogen-bond acceptors (Lipinski definition) is 6. The number of benzene rings is 2. The molecule has 130 valence electrons. The van der Waals surface area contributed by atoms with Crippen LogP contribution in [0, 0.1) is 0 Å². The molecule has 2 aromatic rings. The van der Waals surface area contributed by atoms with E-state index < -0.39 is 12.0 Å². The summed E-state index contributed by atoms with van der Waals surface area (Å²) in [5.74, 6) is 2.03. The maximum Gasteiger partial charge on any atom is 0.284 e. The summed E-state index contributed by atoms with van der Waals surface area (Å²) in [5, 5.41) is 3.96. The van der Waals surface area contributed by atoms with Crippen LogP contribution in [0.5, 0.6) is 23.0 Å². The Balaban J connectivity index is 1.62. The van der Waals surface area contributed by atoms with Crippen LogP contribution in [0.3, 0.4) is 0 Å². The number of carbonyl (C=O) groups is 1. The van der Waals surface area contributed by atoms with Crippen molar-refractivity contribution >= 4 is 12.1 Å². The van der Waals surface area contributed by atoms with E-state index in [1.54, 1.807) is 44.6 Å². The summed E-state index contributed by atoms with van der Waals surface area (Å²) >= 11 is 0. The van der Waals surface area contributed by atoms with E-state index in [0.717, 1.165) is 0 Å². The highest BCUT2D eigenvalue weighted by Crippen LogP contribution is 2.30. The van der Waals surface area contributed by atoms with Crippen LogP contribution in [0.15, 0.2) is 47.6 Å². The zero-order valence-corrected chi connectivity index (χ0v) is 13.9. The molecule has 0 aromatic heterocycles. The number of nitrogens with zero attached hydrogens (tertiary/aromatic N) is 1. The van der Waals surface area contributed by atoms with Crippen molar-refractivity contribution in [1.29, 1.82) is 0 Å². The minimum atomic E-state index is -0.759. The summed E-state index contributed by atoms with van der Waals surface area (Å²) in [6, 6.07) is 12.5. The molecule has 0 saturated heterocycles. The van der Waals surface area contributed by atoms with E-state index in [1.807, 2.05) is 12.1 Å². The molecule has 1 heterocycles. The van der Waals surface area contributed by atoms with Crippen LogP contribution in [-0.2, 0) is 4.79 Å². The van der Waals surface area contributed by atoms with Gasteiger partial charge in [-0.15, -0.1) is 0 Å². The second-order valence-corrected chi connectivity index (χ2v) is 5.21. The van der Waals surface area contributed by atoms with Crippen LogP contribution in [0.1, 0.15) is 5.56 Å². The highest BCUT2D eigenvalue weighted by Gasteiger charge is 2.26. The summed E-state index contributed by atoms with van der Waals surface area (Å²) in [6.07, 6.45) is 0.734. The normalized spacial score (nSPS) is 15.7. The van der Waals surface area contributed by atoms with E-state index in [4.69, 9.17) is 18.9 Å². The first-order valence-electron chi connectivity index (χ1n) is 7.64. The Bertz CT molecular complexity index is 791. The minimum Gasteiger partial charge on any atom is -0.497 e. The van der Waals surface area contributed by atoms with E-state index >= 15 is 0 Å². The molecule has 7 nitrogen and oxygen atoms in total. The molecule has 0 fully saturated rings. The van der Waals surface area contributed by atoms with E-state index in [9.17, 15) is 4.79 Å². The topological polar surface area (TPSA) is 78.4 Å². The number of amides is 1. The second-order valence-electron chi connectivity index (χ2n) is 5.21. The van der Waals surface area contributed by atoms with Crippen molar-refractivity contribution in [2.75, 3.05) is 20.8 Å². The highest BCUT2D eigenvalue weighted by molar-refractivity contribution is 5.87. The fourth-order valence-corrected chi connectivity index (χ4v) is 2.31. The van der Waals surface area contributed by atoms with E-state index in [0.29, 0.717) is 28.6 Å². The van der Waals surface area contributed by atoms with Crippen molar-refractivity contribution in [3.8, 4) is 23.0 Å². The van der Waals surface area contributed by atoms with Gasteiger partial charge in [-0.25, -0.2) is 5.43 Å². The Morgan fingerprint density at radius 3 is 2.76 bits per heavy atom. The molecule has 1 N–H and O–H groups in total. The quantitative estimate of drug-likeness (QED) is 0.664. The number of rotatable bonds is 5. The van der Waals surface area contributed by atoms with Gasteiger partial charge in [0.2, 0.25) is 6.10 Å². The maximum absolute atomic E-state index is 12.2. The van der Waals surface area contributed by atoms with E-state index in [1.165, 1.54) is 6.21 Å². The van der Waals surface area contributed by atoms with Gasteiger partial charge in [0.15, 0.2) is 11.5 Å². The van der Waals surface area contributed by atoms with Gasteiger partial charge in [-0.3, -0.25) is 4.79 Å². The Labute approximate surface area is 145 Å². The van der Waals surface area contributed by atoms with Crippen molar-refractivity contribution in [1.82, 2.24) is 5.43 Å². The van der Waals surface area contributed by atoms with Gasteiger partial charge in [0.25, 0.3) is 5.91 Å². The molecule has 2 aromatic carbocycles. The number of hydrogen-bond donors (Lipinski definition) is 1. The van der Waals surface area contributed by atoms with Crippen LogP contribution >= 0.6 is 0 Å². The summed E-state index contributed by atoms with van der Waals surface area (Å²) in [5.41, 5.74) is 3.15. The van der Waals surface area contributed by atoms with Crippen LogP contribution in [0.4, 0.5) is 0 Å². The molecule has 0 unspecified atom stereocenters. The molecule has 1 atom stereocenters. The lowest BCUT2D eigenvalue weighted by Gasteiger charge is -2.24. The second kappa shape index (κ2) is 7.57. The molecule has 3 rings (SSSR count). The molecule has 1 aliphatic heterocycles. The van der Waals surface area contributed by atoms with Gasteiger partial charge < -0.3 is 18.9 Å². The number of methoxy groups -OCH3 is 2. The Kier molecular flexibility index (Phi) is 5.03. The molecular weight excluding hydrogens is 324 g/mol. The van der Waals surface area contributed by atoms with E-state index in [2.05, 4.69) is 10.5 Å². The third-order valence-corrected chi connectivity index (χ3v) is 3.62. The number of hydrazone groups is 1. The van der Waals surface area contributed by atoms with Crippen molar-refractivity contribution in [2.45, 2.75) is 6.10 Å². The minimum absolute atomic E-state index is 0.129. The van der Waals surface area contributed by atoms with Crippen LogP contribution in [0.25, 0.3) is 0 Å². The lowest BCUT2D eigenvalue weighted by molar-refractivity contribution is -0.130. The van der Waals surface area contributed by atoms with Crippen LogP contribution in [0.2, 0.25) is 0 Å². The van der Waals surface area contributed by atoms with Crippen molar-refractivity contribution in [3.05, 3.63) is 48.0 Å². The van der Waals surface area contributed by atoms with Crippen LogP contribution in [-0.4, -0.2) is 39.1 Å². The third kappa shape index (κ3) is 3.82. The van der Waals surface area contributed by atoms with Gasteiger partial charge in [-0.1, -0.05) is 12.1 Å². The molecule has 1 amide bonds. The Morgan fingerprint density at radius 2 is 2.00 bits per heavy atom. The molecule has 7 heteroatoms. The molecule has 0 bridgehead atoms. The first kappa shape index (κ1) is 16.6. The zero-order valence-electron chi connectivity index (χ0n) is 13.9. The number of fused-ring (bicyclic) bond motifs is 1. The molecule has 25 heavy (non-hydrogen) atoms. The predicted octanol–water partition coefficient (Wildman–Crippen LogP) is 1.99. The summed E-state index contributed by atoms with van der Waals surface area (Å²) in [6.45, 7) is 0.129. The number of nitrogens with one attached hydrogen (secondary N) is 1. The van der Waals surface area contributed by atoms with E-state index in [-0.39, 0.29) is 6.61 Å². The summed E-state index contributed by atoms with van der Waals surface area (Å²) in [7, 11) is 3.13. The van der Waals surface area contributed by atoms with Gasteiger partial charge in [-0.05, 0) is 24.3 Å². The zero-order chi connectivity index (χ0) is 17.6. The smallest absolute Gasteiger partial charge is 0.284 e. The average molecular weight is 342 g/mol. The maximum atomic E-state index is 12.2. The largest absolute Gasteiger partial charge is 0.497 e. The highest BCUT2D eigenvalue weighted by atomic mass is 16.6. The van der Waals surface area contributed by atoms with Crippen molar-refractivity contribution in [3.63, 3.8) is 0 Å². The molecule has 0 spiro atoms. The van der Waals surface area contributed by atoms with Gasteiger partial charge in [0, 0.05) is 11.6 Å². The lowest BCUT2D eigenvalue weighted by Crippen LogP contribution is -2.42. The van der Waals surface area contributed by atoms with Crippen LogP contribution < -0.4 is 24.4 Å². The third-order valence-electron chi connectivity index (χ3n) is 3.62. The summed E-state index contributed by atoms with van der Waals surface area (Å²) in [4.78, 5) is 12.2. The Hall–Kier alpha value is -3.22. The molecular formula is C18H18N2O5. The molecule has 0 aliphatic carbocycles. The summed E-state index contributed by atoms with van der Waals surface area (Å²) < 4.78 is 21.5. The fraction of sp³-hybridized carbons (Fsp3) is 0.222. The Morgan fingerprint density at radius 1 is 1.20 bits per heavy atom. The molecule has 1 aliphatic rings. The SMILES string of the molecule is COc1ccc(/C=N\NC(=O)[C@@H]2COc3ccccc3O2)c(OC)c1. The molecule has 0 radical (unpaired) electrons. The van der Waals surface area contributed by atoms with Gasteiger partial charge >= 0.3 is 0 Å². The lowest BCUT2D eigenvalue weighted by atomic mass is 10.2. The first-order valence-corrected chi connectivity index (χ1v) is 7.64. The predicted molar refractivity (Wildman–Crippen MR) is 91.6 cm³/mol. The van der Waals surface area contributed by atoms with Gasteiger partial charge in [0.05, 0.1) is 20.4 Å².